The maximum absolute atomic E-state index is 10.8. The summed E-state index contributed by atoms with van der Waals surface area (Å²) in [5, 5.41) is 15.4. The van der Waals surface area contributed by atoms with Crippen molar-refractivity contribution < 1.29 is 14.3 Å². The minimum Gasteiger partial charge on any atom is -0.474 e. The molecule has 0 saturated carbocycles. The molecule has 0 spiro atoms. The number of carboxylic acids is 1. The summed E-state index contributed by atoms with van der Waals surface area (Å²) in [6.07, 6.45) is 1.36. The van der Waals surface area contributed by atoms with Gasteiger partial charge in [-0.25, -0.2) is 4.79 Å². The van der Waals surface area contributed by atoms with Crippen molar-refractivity contribution >= 4 is 5.97 Å². The summed E-state index contributed by atoms with van der Waals surface area (Å²) in [6, 6.07) is 2.73. The van der Waals surface area contributed by atoms with Crippen LogP contribution in [0.5, 0.6) is 0 Å². The Hall–Kier alpha value is -2.44. The zero-order valence-corrected chi connectivity index (χ0v) is 7.30. The topological polar surface area (TPSA) is 109 Å². The number of aromatic amines is 1. The molecule has 2 aromatic rings. The maximum atomic E-state index is 10.8. The Morgan fingerprint density at radius 3 is 2.73 bits per heavy atom. The van der Waals surface area contributed by atoms with Crippen LogP contribution in [0.1, 0.15) is 10.7 Å². The number of carboxylic acid groups (broad SMARTS) is 1. The fraction of sp³-hybridized carbons (Fsp3) is 0. The van der Waals surface area contributed by atoms with Crippen molar-refractivity contribution in [1.29, 1.82) is 0 Å². The number of carbonyl (C=O) groups is 1. The van der Waals surface area contributed by atoms with Crippen molar-refractivity contribution in [3.05, 3.63) is 34.6 Å². The van der Waals surface area contributed by atoms with Gasteiger partial charge in [0.05, 0.1) is 5.56 Å². The minimum absolute atomic E-state index is 0.0450. The Bertz CT molecular complexity index is 537. The van der Waals surface area contributed by atoms with Gasteiger partial charge in [0.25, 0.3) is 0 Å². The molecule has 0 fully saturated rings. The maximum Gasteiger partial charge on any atom is 0.393 e. The van der Waals surface area contributed by atoms with Crippen LogP contribution in [0.25, 0.3) is 11.5 Å². The fourth-order valence-electron chi connectivity index (χ4n) is 0.970. The van der Waals surface area contributed by atoms with Crippen molar-refractivity contribution in [2.45, 2.75) is 0 Å². The number of pyridine rings is 1. The highest BCUT2D eigenvalue weighted by Crippen LogP contribution is 2.14. The molecule has 0 saturated heterocycles. The molecule has 0 radical (unpaired) electrons. The third-order valence-electron chi connectivity index (χ3n) is 1.64. The number of aromatic nitrogens is 3. The Morgan fingerprint density at radius 1 is 1.40 bits per heavy atom. The Kier molecular flexibility index (Phi) is 2.05. The molecule has 0 bridgehead atoms. The van der Waals surface area contributed by atoms with E-state index in [1.54, 1.807) is 0 Å². The SMILES string of the molecule is O=C(O)c1nnc(-c2ccc(=O)[nH]c2)o1. The summed E-state index contributed by atoms with van der Waals surface area (Å²) in [5.74, 6) is -1.74. The second-order valence-corrected chi connectivity index (χ2v) is 2.66. The number of rotatable bonds is 2. The summed E-state index contributed by atoms with van der Waals surface area (Å²) in [4.78, 5) is 23.6. The third kappa shape index (κ3) is 1.75. The van der Waals surface area contributed by atoms with E-state index < -0.39 is 11.9 Å². The van der Waals surface area contributed by atoms with E-state index in [1.807, 2.05) is 0 Å². The highest BCUT2D eigenvalue weighted by Gasteiger charge is 2.13. The molecule has 15 heavy (non-hydrogen) atoms. The van der Waals surface area contributed by atoms with Gasteiger partial charge in [-0.05, 0) is 6.07 Å². The first-order valence-corrected chi connectivity index (χ1v) is 3.93. The zero-order chi connectivity index (χ0) is 10.8. The van der Waals surface area contributed by atoms with Gasteiger partial charge in [-0.15, -0.1) is 10.2 Å². The highest BCUT2D eigenvalue weighted by molar-refractivity contribution is 5.82. The molecule has 2 N–H and O–H groups in total. The van der Waals surface area contributed by atoms with Gasteiger partial charge >= 0.3 is 11.9 Å². The summed E-state index contributed by atoms with van der Waals surface area (Å²) in [7, 11) is 0. The van der Waals surface area contributed by atoms with Gasteiger partial charge in [-0.3, -0.25) is 4.79 Å². The summed E-state index contributed by atoms with van der Waals surface area (Å²) in [5.41, 5.74) is 0.186. The molecular weight excluding hydrogens is 202 g/mol. The second kappa shape index (κ2) is 3.37. The predicted molar refractivity (Wildman–Crippen MR) is 47.3 cm³/mol. The molecular formula is C8H5N3O4. The zero-order valence-electron chi connectivity index (χ0n) is 7.30. The molecule has 0 aliphatic heterocycles. The van der Waals surface area contributed by atoms with E-state index in [4.69, 9.17) is 9.52 Å². The molecule has 76 valence electrons. The van der Waals surface area contributed by atoms with E-state index >= 15 is 0 Å². The average Bonchev–Trinajstić information content (AvgIpc) is 2.68. The molecule has 2 rings (SSSR count). The number of H-pyrrole nitrogens is 1. The third-order valence-corrected chi connectivity index (χ3v) is 1.64. The minimum atomic E-state index is -1.29. The van der Waals surface area contributed by atoms with E-state index in [9.17, 15) is 9.59 Å². The quantitative estimate of drug-likeness (QED) is 0.723. The fourth-order valence-corrected chi connectivity index (χ4v) is 0.970. The van der Waals surface area contributed by atoms with Crippen molar-refractivity contribution in [2.24, 2.45) is 0 Å². The van der Waals surface area contributed by atoms with Crippen LogP contribution in [0.4, 0.5) is 0 Å². The molecule has 0 aliphatic rings. The lowest BCUT2D eigenvalue weighted by Gasteiger charge is -1.90. The molecule has 0 aliphatic carbocycles. The molecule has 2 aromatic heterocycles. The first kappa shape index (κ1) is 9.13. The molecule has 2 heterocycles. The summed E-state index contributed by atoms with van der Waals surface area (Å²) >= 11 is 0. The van der Waals surface area contributed by atoms with E-state index in [0.29, 0.717) is 5.56 Å². The van der Waals surface area contributed by atoms with Crippen LogP contribution in [-0.4, -0.2) is 26.3 Å². The van der Waals surface area contributed by atoms with Crippen LogP contribution < -0.4 is 5.56 Å². The largest absolute Gasteiger partial charge is 0.474 e. The van der Waals surface area contributed by atoms with Gasteiger partial charge in [0.1, 0.15) is 0 Å². The molecule has 0 aromatic carbocycles. The number of nitrogens with zero attached hydrogens (tertiary/aromatic N) is 2. The van der Waals surface area contributed by atoms with Crippen LogP contribution >= 0.6 is 0 Å². The second-order valence-electron chi connectivity index (χ2n) is 2.66. The van der Waals surface area contributed by atoms with Crippen LogP contribution in [-0.2, 0) is 0 Å². The number of aromatic carboxylic acids is 1. The van der Waals surface area contributed by atoms with Crippen molar-refractivity contribution in [3.8, 4) is 11.5 Å². The highest BCUT2D eigenvalue weighted by atomic mass is 16.4. The van der Waals surface area contributed by atoms with Crippen LogP contribution in [0.2, 0.25) is 0 Å². The van der Waals surface area contributed by atoms with E-state index in [1.165, 1.54) is 18.3 Å². The summed E-state index contributed by atoms with van der Waals surface area (Å²) in [6.45, 7) is 0. The molecule has 7 heteroatoms. The summed E-state index contributed by atoms with van der Waals surface area (Å²) < 4.78 is 4.83. The molecule has 0 amide bonds. The van der Waals surface area contributed by atoms with Gasteiger partial charge in [0.2, 0.25) is 11.4 Å². The lowest BCUT2D eigenvalue weighted by Crippen LogP contribution is -2.01. The van der Waals surface area contributed by atoms with E-state index in [-0.39, 0.29) is 11.4 Å². The van der Waals surface area contributed by atoms with Gasteiger partial charge < -0.3 is 14.5 Å². The predicted octanol–water partition coefficient (Wildman–Crippen LogP) is 0.123. The van der Waals surface area contributed by atoms with Crippen molar-refractivity contribution in [1.82, 2.24) is 15.2 Å². The van der Waals surface area contributed by atoms with Crippen LogP contribution in [0.15, 0.2) is 27.5 Å². The monoisotopic (exact) mass is 207 g/mol. The molecule has 0 unspecified atom stereocenters. The van der Waals surface area contributed by atoms with Crippen LogP contribution in [0.3, 0.4) is 0 Å². The van der Waals surface area contributed by atoms with Gasteiger partial charge in [0, 0.05) is 12.3 Å². The smallest absolute Gasteiger partial charge is 0.393 e. The Balaban J connectivity index is 2.41. The van der Waals surface area contributed by atoms with Gasteiger partial charge in [0.15, 0.2) is 0 Å². The van der Waals surface area contributed by atoms with Gasteiger partial charge in [-0.2, -0.15) is 0 Å². The average molecular weight is 207 g/mol. The van der Waals surface area contributed by atoms with Crippen molar-refractivity contribution in [3.63, 3.8) is 0 Å². The first-order valence-electron chi connectivity index (χ1n) is 3.93. The normalized spacial score (nSPS) is 10.1. The Labute approximate surface area is 82.4 Å². The van der Waals surface area contributed by atoms with E-state index in [2.05, 4.69) is 15.2 Å². The lowest BCUT2D eigenvalue weighted by molar-refractivity contribution is 0.0654. The van der Waals surface area contributed by atoms with Crippen molar-refractivity contribution in [2.75, 3.05) is 0 Å². The Morgan fingerprint density at radius 2 is 2.20 bits per heavy atom. The lowest BCUT2D eigenvalue weighted by atomic mass is 10.3. The molecule has 7 nitrogen and oxygen atoms in total. The first-order chi connectivity index (χ1) is 7.16. The van der Waals surface area contributed by atoms with Gasteiger partial charge in [-0.1, -0.05) is 0 Å². The number of hydrogen-bond acceptors (Lipinski definition) is 5. The standard InChI is InChI=1S/C8H5N3O4/c12-5-2-1-4(3-9-5)6-10-11-7(15-6)8(13)14/h1-3H,(H,9,12)(H,13,14). The van der Waals surface area contributed by atoms with Crippen LogP contribution in [0, 0.1) is 0 Å². The van der Waals surface area contributed by atoms with E-state index in [0.717, 1.165) is 0 Å². The number of hydrogen-bond donors (Lipinski definition) is 2. The molecule has 0 atom stereocenters. The number of nitrogens with one attached hydrogen (secondary N) is 1.